The van der Waals surface area contributed by atoms with Gasteiger partial charge in [0.25, 0.3) is 0 Å². The minimum Gasteiger partial charge on any atom is -0.475 e. The first-order valence-corrected chi connectivity index (χ1v) is 9.73. The monoisotopic (exact) mass is 503 g/mol. The molecular formula is C19H23F6N3O6. The summed E-state index contributed by atoms with van der Waals surface area (Å²) < 4.78 is 69.3. The van der Waals surface area contributed by atoms with E-state index in [4.69, 9.17) is 24.5 Å². The van der Waals surface area contributed by atoms with Gasteiger partial charge in [0.1, 0.15) is 0 Å². The summed E-state index contributed by atoms with van der Waals surface area (Å²) in [4.78, 5) is 36.2. The molecule has 0 radical (unpaired) electrons. The molecule has 0 aliphatic carbocycles. The number of amides is 1. The minimum atomic E-state index is -5.08. The number of halogens is 6. The number of fused-ring (bicyclic) bond motifs is 1. The molecule has 3 N–H and O–H groups in total. The van der Waals surface area contributed by atoms with E-state index in [-0.39, 0.29) is 17.9 Å². The highest BCUT2D eigenvalue weighted by Gasteiger charge is 2.42. The summed E-state index contributed by atoms with van der Waals surface area (Å²) in [6.45, 7) is 2.48. The smallest absolute Gasteiger partial charge is 0.475 e. The summed E-state index contributed by atoms with van der Waals surface area (Å²) in [5.41, 5.74) is 1.24. The maximum absolute atomic E-state index is 12.0. The Morgan fingerprint density at radius 2 is 1.59 bits per heavy atom. The number of carbonyl (C=O) groups excluding carboxylic acids is 1. The first kappa shape index (κ1) is 29.1. The first-order valence-electron chi connectivity index (χ1n) is 9.73. The molecule has 0 bridgehead atoms. The summed E-state index contributed by atoms with van der Waals surface area (Å²) in [6.07, 6.45) is -4.42. The fourth-order valence-electron chi connectivity index (χ4n) is 3.35. The molecule has 2 fully saturated rings. The van der Waals surface area contributed by atoms with E-state index in [1.807, 2.05) is 24.5 Å². The lowest BCUT2D eigenvalue weighted by Gasteiger charge is -2.40. The fourth-order valence-corrected chi connectivity index (χ4v) is 3.35. The minimum absolute atomic E-state index is 0.0289. The number of hydrogen-bond acceptors (Lipinski definition) is 6. The zero-order valence-electron chi connectivity index (χ0n) is 17.8. The van der Waals surface area contributed by atoms with Gasteiger partial charge in [-0.15, -0.1) is 0 Å². The fraction of sp³-hybridized carbons (Fsp3) is 0.579. The number of carboxylic acid groups (broad SMARTS) is 2. The lowest BCUT2D eigenvalue weighted by Crippen LogP contribution is -2.52. The molecule has 0 unspecified atom stereocenters. The van der Waals surface area contributed by atoms with Gasteiger partial charge in [-0.25, -0.2) is 9.59 Å². The van der Waals surface area contributed by atoms with Gasteiger partial charge < -0.3 is 20.3 Å². The average Bonchev–Trinajstić information content (AvgIpc) is 3.22. The molecule has 9 nitrogen and oxygen atoms in total. The lowest BCUT2D eigenvalue weighted by molar-refractivity contribution is -0.193. The molecule has 1 aromatic rings. The van der Waals surface area contributed by atoms with Crippen LogP contribution in [0.25, 0.3) is 0 Å². The Morgan fingerprint density at radius 1 is 1.09 bits per heavy atom. The van der Waals surface area contributed by atoms with Crippen LogP contribution in [0.15, 0.2) is 24.5 Å². The molecule has 3 atom stereocenters. The predicted octanol–water partition coefficient (Wildman–Crippen LogP) is 2.07. The molecule has 2 aliphatic heterocycles. The highest BCUT2D eigenvalue weighted by atomic mass is 19.4. The summed E-state index contributed by atoms with van der Waals surface area (Å²) in [6, 6.07) is 4.52. The molecule has 3 heterocycles. The second-order valence-electron chi connectivity index (χ2n) is 7.20. The van der Waals surface area contributed by atoms with Crippen molar-refractivity contribution in [3.63, 3.8) is 0 Å². The second-order valence-corrected chi connectivity index (χ2v) is 7.20. The van der Waals surface area contributed by atoms with Crippen molar-refractivity contribution in [2.45, 2.75) is 43.9 Å². The topological polar surface area (TPSA) is 129 Å². The second kappa shape index (κ2) is 12.5. The number of pyridine rings is 1. The lowest BCUT2D eigenvalue weighted by atomic mass is 9.89. The Labute approximate surface area is 189 Å². The number of aromatic nitrogens is 1. The van der Waals surface area contributed by atoms with Crippen LogP contribution in [-0.4, -0.2) is 82.6 Å². The van der Waals surface area contributed by atoms with E-state index < -0.39 is 24.3 Å². The van der Waals surface area contributed by atoms with Gasteiger partial charge in [0.15, 0.2) is 0 Å². The first-order chi connectivity index (χ1) is 15.7. The Bertz CT molecular complexity index is 797. The van der Waals surface area contributed by atoms with Crippen molar-refractivity contribution in [2.24, 2.45) is 5.92 Å². The molecule has 34 heavy (non-hydrogen) atoms. The van der Waals surface area contributed by atoms with Crippen molar-refractivity contribution in [2.75, 3.05) is 20.2 Å². The van der Waals surface area contributed by atoms with E-state index in [0.29, 0.717) is 6.04 Å². The average molecular weight is 503 g/mol. The number of aliphatic carboxylic acids is 2. The number of nitrogens with zero attached hydrogens (tertiary/aromatic N) is 2. The summed E-state index contributed by atoms with van der Waals surface area (Å²) in [5, 5.41) is 17.0. The van der Waals surface area contributed by atoms with Crippen LogP contribution in [0.3, 0.4) is 0 Å². The van der Waals surface area contributed by atoms with Crippen LogP contribution in [0, 0.1) is 5.92 Å². The Balaban J connectivity index is 0.000000343. The molecule has 192 valence electrons. The third-order valence-corrected chi connectivity index (χ3v) is 4.85. The van der Waals surface area contributed by atoms with Gasteiger partial charge in [-0.3, -0.25) is 14.7 Å². The third kappa shape index (κ3) is 9.51. The molecule has 2 saturated heterocycles. The number of hydrogen-bond donors (Lipinski definition) is 3. The molecule has 0 spiro atoms. The van der Waals surface area contributed by atoms with E-state index in [1.165, 1.54) is 5.56 Å². The Hall–Kier alpha value is -2.94. The van der Waals surface area contributed by atoms with Crippen LogP contribution in [0.4, 0.5) is 26.3 Å². The number of alkyl halides is 6. The maximum Gasteiger partial charge on any atom is 0.490 e. The van der Waals surface area contributed by atoms with Gasteiger partial charge in [0.05, 0.1) is 12.0 Å². The number of ether oxygens (including phenoxy) is 1. The highest BCUT2D eigenvalue weighted by Crippen LogP contribution is 2.32. The van der Waals surface area contributed by atoms with Gasteiger partial charge in [0, 0.05) is 45.2 Å². The van der Waals surface area contributed by atoms with E-state index in [1.54, 1.807) is 7.05 Å². The molecule has 3 rings (SSSR count). The Morgan fingerprint density at radius 3 is 2.03 bits per heavy atom. The van der Waals surface area contributed by atoms with Crippen LogP contribution < -0.4 is 5.32 Å². The number of carbonyl (C=O) groups is 3. The van der Waals surface area contributed by atoms with E-state index in [0.717, 1.165) is 32.5 Å². The quantitative estimate of drug-likeness (QED) is 0.535. The van der Waals surface area contributed by atoms with Crippen molar-refractivity contribution in [3.8, 4) is 0 Å². The number of likely N-dealkylation sites (tertiary alicyclic amines) is 1. The van der Waals surface area contributed by atoms with Crippen molar-refractivity contribution in [1.29, 1.82) is 0 Å². The van der Waals surface area contributed by atoms with Gasteiger partial charge >= 0.3 is 24.3 Å². The van der Waals surface area contributed by atoms with Crippen LogP contribution >= 0.6 is 0 Å². The van der Waals surface area contributed by atoms with Gasteiger partial charge in [-0.1, -0.05) is 0 Å². The Kier molecular flexibility index (Phi) is 10.7. The van der Waals surface area contributed by atoms with Crippen molar-refractivity contribution in [1.82, 2.24) is 15.2 Å². The largest absolute Gasteiger partial charge is 0.490 e. The van der Waals surface area contributed by atoms with E-state index in [2.05, 4.69) is 15.2 Å². The SMILES string of the molecule is CNC(=O)[C@H]1C[C@H]2OCC[C@H]2N(Cc2ccncc2)C1.O=C(O)C(F)(F)F.O=C(O)C(F)(F)F. The zero-order chi connectivity index (χ0) is 26.1. The molecule has 1 aromatic heterocycles. The molecular weight excluding hydrogens is 480 g/mol. The molecule has 0 aromatic carbocycles. The predicted molar refractivity (Wildman–Crippen MR) is 102 cm³/mol. The van der Waals surface area contributed by atoms with Gasteiger partial charge in [-0.05, 0) is 30.5 Å². The normalized spacial score (nSPS) is 22.3. The van der Waals surface area contributed by atoms with Crippen LogP contribution in [0.5, 0.6) is 0 Å². The van der Waals surface area contributed by atoms with Crippen LogP contribution in [0.2, 0.25) is 0 Å². The van der Waals surface area contributed by atoms with Gasteiger partial charge in [-0.2, -0.15) is 26.3 Å². The van der Waals surface area contributed by atoms with E-state index in [9.17, 15) is 31.1 Å². The summed E-state index contributed by atoms with van der Waals surface area (Å²) >= 11 is 0. The molecule has 0 saturated carbocycles. The number of piperidine rings is 1. The highest BCUT2D eigenvalue weighted by molar-refractivity contribution is 5.78. The molecule has 2 aliphatic rings. The van der Waals surface area contributed by atoms with Crippen LogP contribution in [0.1, 0.15) is 18.4 Å². The summed E-state index contributed by atoms with van der Waals surface area (Å²) in [5.74, 6) is -5.36. The maximum atomic E-state index is 12.0. The van der Waals surface area contributed by atoms with Crippen molar-refractivity contribution < 1.29 is 55.7 Å². The van der Waals surface area contributed by atoms with Crippen LogP contribution in [-0.2, 0) is 25.7 Å². The van der Waals surface area contributed by atoms with Crippen molar-refractivity contribution in [3.05, 3.63) is 30.1 Å². The summed E-state index contributed by atoms with van der Waals surface area (Å²) in [7, 11) is 1.71. The van der Waals surface area contributed by atoms with E-state index >= 15 is 0 Å². The molecule has 15 heteroatoms. The standard InChI is InChI=1S/C15H21N3O2.2C2HF3O2/c1-16-15(19)12-8-14-13(4-7-20-14)18(10-12)9-11-2-5-17-6-3-11;2*3-2(4,5)1(6)7/h2-3,5-6,12-14H,4,7-10H2,1H3,(H,16,19);2*(H,6,7)/t12-,13+,14+;;/m0../s1. The number of rotatable bonds is 3. The van der Waals surface area contributed by atoms with Gasteiger partial charge in [0.2, 0.25) is 5.91 Å². The number of carboxylic acids is 2. The zero-order valence-corrected chi connectivity index (χ0v) is 17.8. The third-order valence-electron chi connectivity index (χ3n) is 4.85. The van der Waals surface area contributed by atoms with Crippen molar-refractivity contribution >= 4 is 17.8 Å². The number of nitrogens with one attached hydrogen (secondary N) is 1. The molecule has 1 amide bonds.